The van der Waals surface area contributed by atoms with Gasteiger partial charge < -0.3 is 20.1 Å². The number of aliphatic carboxylic acids is 1. The fourth-order valence-corrected chi connectivity index (χ4v) is 2.32. The van der Waals surface area contributed by atoms with Gasteiger partial charge in [0.1, 0.15) is 23.9 Å². The second kappa shape index (κ2) is 9.22. The van der Waals surface area contributed by atoms with Crippen molar-refractivity contribution in [2.75, 3.05) is 19.4 Å². The van der Waals surface area contributed by atoms with E-state index in [1.807, 2.05) is 0 Å². The van der Waals surface area contributed by atoms with Crippen LogP contribution in [0.2, 0.25) is 0 Å². The summed E-state index contributed by atoms with van der Waals surface area (Å²) in [7, 11) is 3.06. The molecular weight excluding hydrogens is 393 g/mol. The van der Waals surface area contributed by atoms with Crippen molar-refractivity contribution >= 4 is 17.9 Å². The minimum Gasteiger partial charge on any atom is -0.480 e. The van der Waals surface area contributed by atoms with Crippen molar-refractivity contribution in [1.29, 1.82) is 0 Å². The second-order valence-corrected chi connectivity index (χ2v) is 6.33. The van der Waals surface area contributed by atoms with E-state index >= 15 is 0 Å². The van der Waals surface area contributed by atoms with E-state index in [2.05, 4.69) is 15.3 Å². The van der Waals surface area contributed by atoms with Crippen LogP contribution in [-0.2, 0) is 17.6 Å². The molecule has 1 aromatic heterocycles. The molecular formula is C18H19F3N4O4. The zero-order valence-corrected chi connectivity index (χ0v) is 15.6. The smallest absolute Gasteiger partial charge is 0.414 e. The lowest BCUT2D eigenvalue weighted by Crippen LogP contribution is -2.32. The summed E-state index contributed by atoms with van der Waals surface area (Å²) in [6.07, 6.45) is -4.34. The van der Waals surface area contributed by atoms with Gasteiger partial charge in [-0.3, -0.25) is 0 Å². The van der Waals surface area contributed by atoms with Crippen LogP contribution in [0.4, 0.5) is 23.8 Å². The molecule has 0 spiro atoms. The van der Waals surface area contributed by atoms with Gasteiger partial charge in [0.25, 0.3) is 0 Å². The van der Waals surface area contributed by atoms with Gasteiger partial charge in [0.15, 0.2) is 0 Å². The zero-order chi connectivity index (χ0) is 21.6. The summed E-state index contributed by atoms with van der Waals surface area (Å²) >= 11 is 0. The van der Waals surface area contributed by atoms with Gasteiger partial charge in [-0.2, -0.15) is 13.2 Å². The number of amides is 1. The van der Waals surface area contributed by atoms with Crippen LogP contribution in [0, 0.1) is 0 Å². The van der Waals surface area contributed by atoms with Gasteiger partial charge in [-0.1, -0.05) is 12.1 Å². The van der Waals surface area contributed by atoms with E-state index in [0.717, 1.165) is 12.5 Å². The van der Waals surface area contributed by atoms with Crippen molar-refractivity contribution in [1.82, 2.24) is 14.9 Å². The number of carbonyl (C=O) groups excluding carboxylic acids is 1. The summed E-state index contributed by atoms with van der Waals surface area (Å²) in [6, 6.07) is 4.89. The molecule has 29 heavy (non-hydrogen) atoms. The average molecular weight is 412 g/mol. The van der Waals surface area contributed by atoms with Crippen LogP contribution in [-0.4, -0.2) is 58.4 Å². The fourth-order valence-electron chi connectivity index (χ4n) is 2.32. The minimum atomic E-state index is -4.49. The third-order valence-electron chi connectivity index (χ3n) is 3.72. The normalized spacial score (nSPS) is 12.2. The van der Waals surface area contributed by atoms with Crippen molar-refractivity contribution < 1.29 is 32.6 Å². The summed E-state index contributed by atoms with van der Waals surface area (Å²) in [4.78, 5) is 31.7. The fraction of sp³-hybridized carbons (Fsp3) is 0.333. The largest absolute Gasteiger partial charge is 0.480 e. The topological polar surface area (TPSA) is 105 Å². The number of carbonyl (C=O) groups is 2. The van der Waals surface area contributed by atoms with Crippen molar-refractivity contribution in [3.05, 3.63) is 47.9 Å². The maximum Gasteiger partial charge on any atom is 0.414 e. The van der Waals surface area contributed by atoms with Gasteiger partial charge in [0, 0.05) is 32.3 Å². The highest BCUT2D eigenvalue weighted by molar-refractivity contribution is 5.77. The van der Waals surface area contributed by atoms with Gasteiger partial charge in [-0.05, 0) is 17.7 Å². The molecule has 1 aromatic carbocycles. The Bertz CT molecular complexity index is 857. The van der Waals surface area contributed by atoms with Crippen LogP contribution in [0.3, 0.4) is 0 Å². The molecule has 0 unspecified atom stereocenters. The molecule has 2 N–H and O–H groups in total. The predicted molar refractivity (Wildman–Crippen MR) is 96.7 cm³/mol. The molecule has 0 radical (unpaired) electrons. The number of nitrogens with one attached hydrogen (secondary N) is 1. The standard InChI is InChI=1S/C18H19F3N4O4/c1-25(2)17(28)29-13-5-3-11(4-6-13)7-14(16(26)27)24-15-12(8-18(19,20)21)9-22-10-23-15/h3-6,9-10,14H,7-8H2,1-2H3,(H,26,27)(H,22,23,24)/t14-/m0/s1. The number of carboxylic acids is 1. The zero-order valence-electron chi connectivity index (χ0n) is 15.6. The highest BCUT2D eigenvalue weighted by Crippen LogP contribution is 2.25. The van der Waals surface area contributed by atoms with Crippen LogP contribution in [0.15, 0.2) is 36.8 Å². The molecule has 0 aliphatic carbocycles. The third kappa shape index (κ3) is 6.94. The third-order valence-corrected chi connectivity index (χ3v) is 3.72. The Hall–Kier alpha value is -3.37. The number of rotatable bonds is 7. The monoisotopic (exact) mass is 412 g/mol. The molecule has 11 heteroatoms. The number of hydrogen-bond donors (Lipinski definition) is 2. The molecule has 156 valence electrons. The van der Waals surface area contributed by atoms with E-state index in [1.54, 1.807) is 12.1 Å². The molecule has 0 saturated carbocycles. The number of aromatic nitrogens is 2. The van der Waals surface area contributed by atoms with Gasteiger partial charge in [-0.15, -0.1) is 0 Å². The summed E-state index contributed by atoms with van der Waals surface area (Å²) in [5, 5.41) is 12.0. The summed E-state index contributed by atoms with van der Waals surface area (Å²) in [5.74, 6) is -1.18. The van der Waals surface area contributed by atoms with E-state index in [9.17, 15) is 27.9 Å². The van der Waals surface area contributed by atoms with Gasteiger partial charge in [-0.25, -0.2) is 19.6 Å². The number of alkyl halides is 3. The van der Waals surface area contributed by atoms with E-state index < -0.39 is 30.7 Å². The number of carboxylic acid groups (broad SMARTS) is 1. The predicted octanol–water partition coefficient (Wildman–Crippen LogP) is 2.75. The molecule has 1 amide bonds. The van der Waals surface area contributed by atoms with Gasteiger partial charge in [0.2, 0.25) is 0 Å². The Morgan fingerprint density at radius 3 is 2.45 bits per heavy atom. The number of anilines is 1. The lowest BCUT2D eigenvalue weighted by molar-refractivity contribution is -0.137. The van der Waals surface area contributed by atoms with Crippen molar-refractivity contribution in [3.63, 3.8) is 0 Å². The lowest BCUT2D eigenvalue weighted by atomic mass is 10.1. The Balaban J connectivity index is 2.12. The Kier molecular flexibility index (Phi) is 6.97. The van der Waals surface area contributed by atoms with Crippen molar-refractivity contribution in [2.45, 2.75) is 25.1 Å². The minimum absolute atomic E-state index is 0.0350. The molecule has 2 aromatic rings. The van der Waals surface area contributed by atoms with Gasteiger partial charge in [0.05, 0.1) is 6.42 Å². The molecule has 0 aliphatic rings. The number of hydrogen-bond acceptors (Lipinski definition) is 6. The summed E-state index contributed by atoms with van der Waals surface area (Å²) in [5.41, 5.74) is 0.318. The second-order valence-electron chi connectivity index (χ2n) is 6.33. The van der Waals surface area contributed by atoms with Crippen LogP contribution >= 0.6 is 0 Å². The molecule has 2 rings (SSSR count). The molecule has 8 nitrogen and oxygen atoms in total. The lowest BCUT2D eigenvalue weighted by Gasteiger charge is -2.18. The maximum absolute atomic E-state index is 12.7. The molecule has 0 saturated heterocycles. The van der Waals surface area contributed by atoms with E-state index in [-0.39, 0.29) is 23.6 Å². The van der Waals surface area contributed by atoms with Crippen LogP contribution < -0.4 is 10.1 Å². The quantitative estimate of drug-likeness (QED) is 0.721. The van der Waals surface area contributed by atoms with Crippen molar-refractivity contribution in [3.8, 4) is 5.75 Å². The van der Waals surface area contributed by atoms with E-state index in [1.165, 1.54) is 31.1 Å². The van der Waals surface area contributed by atoms with Crippen LogP contribution in [0.5, 0.6) is 5.75 Å². The van der Waals surface area contributed by atoms with E-state index in [0.29, 0.717) is 5.56 Å². The summed E-state index contributed by atoms with van der Waals surface area (Å²) in [6.45, 7) is 0. The van der Waals surface area contributed by atoms with E-state index in [4.69, 9.17) is 4.74 Å². The molecule has 0 bridgehead atoms. The molecule has 1 atom stereocenters. The summed E-state index contributed by atoms with van der Waals surface area (Å²) < 4.78 is 43.2. The number of nitrogens with zero attached hydrogens (tertiary/aromatic N) is 3. The number of ether oxygens (including phenoxy) is 1. The highest BCUT2D eigenvalue weighted by Gasteiger charge is 2.30. The Morgan fingerprint density at radius 2 is 1.90 bits per heavy atom. The molecule has 0 aliphatic heterocycles. The average Bonchev–Trinajstić information content (AvgIpc) is 2.62. The molecule has 0 fully saturated rings. The Morgan fingerprint density at radius 1 is 1.24 bits per heavy atom. The van der Waals surface area contributed by atoms with Crippen molar-refractivity contribution in [2.24, 2.45) is 0 Å². The Labute approximate surface area is 164 Å². The maximum atomic E-state index is 12.7. The number of halogens is 3. The highest BCUT2D eigenvalue weighted by atomic mass is 19.4. The number of benzene rings is 1. The first-order chi connectivity index (χ1) is 13.5. The first-order valence-electron chi connectivity index (χ1n) is 8.38. The van der Waals surface area contributed by atoms with Gasteiger partial charge >= 0.3 is 18.2 Å². The van der Waals surface area contributed by atoms with Crippen LogP contribution in [0.25, 0.3) is 0 Å². The van der Waals surface area contributed by atoms with Crippen LogP contribution in [0.1, 0.15) is 11.1 Å². The SMILES string of the molecule is CN(C)C(=O)Oc1ccc(C[C@H](Nc2ncncc2CC(F)(F)F)C(=O)O)cc1. The molecule has 1 heterocycles. The first kappa shape index (κ1) is 21.9. The first-order valence-corrected chi connectivity index (χ1v) is 8.38.